The largest absolute Gasteiger partial charge is 0.465 e. The molecule has 1 atom stereocenters. The topological polar surface area (TPSA) is 92.8 Å². The Hall–Kier alpha value is -2.65. The van der Waals surface area contributed by atoms with E-state index in [-0.39, 0.29) is 21.6 Å². The minimum Gasteiger partial charge on any atom is -0.465 e. The Morgan fingerprint density at radius 2 is 1.94 bits per heavy atom. The number of hydrogen-bond acceptors (Lipinski definition) is 6. The van der Waals surface area contributed by atoms with Gasteiger partial charge in [0, 0.05) is 23.0 Å². The molecule has 0 unspecified atom stereocenters. The van der Waals surface area contributed by atoms with Crippen molar-refractivity contribution in [1.82, 2.24) is 4.90 Å². The predicted octanol–water partition coefficient (Wildman–Crippen LogP) is 3.88. The van der Waals surface area contributed by atoms with Crippen LogP contribution < -0.4 is 4.72 Å². The number of sulfonamides is 1. The number of nitrogens with one attached hydrogen (secondary N) is 1. The third-order valence-electron chi connectivity index (χ3n) is 5.89. The molecule has 2 aromatic rings. The standard InChI is InChI=1S/C23H26N2O5S2/c1-15-8-10-17(11-9-15)24-32(28,29)23-20(22(27)30-2)18-12-13-25(14-19(18)31-23)21(26)16-6-4-3-5-7-16/h3-4,8-11,16,24H,5-7,12-14H2,1-2H3/t16-/m0/s1. The predicted molar refractivity (Wildman–Crippen MR) is 123 cm³/mol. The molecule has 1 aromatic heterocycles. The first-order valence-corrected chi connectivity index (χ1v) is 12.9. The highest BCUT2D eigenvalue weighted by Gasteiger charge is 2.36. The minimum atomic E-state index is -4.01. The molecule has 0 bridgehead atoms. The van der Waals surface area contributed by atoms with Crippen molar-refractivity contribution in [2.75, 3.05) is 18.4 Å². The molecular formula is C23H26N2O5S2. The number of esters is 1. The monoisotopic (exact) mass is 474 g/mol. The number of fused-ring (bicyclic) bond motifs is 1. The van der Waals surface area contributed by atoms with Crippen LogP contribution in [0.15, 0.2) is 40.6 Å². The Kier molecular flexibility index (Phi) is 6.39. The number of methoxy groups -OCH3 is 1. The van der Waals surface area contributed by atoms with Gasteiger partial charge in [-0.25, -0.2) is 13.2 Å². The number of benzene rings is 1. The van der Waals surface area contributed by atoms with Crippen LogP contribution in [-0.4, -0.2) is 38.8 Å². The molecule has 4 rings (SSSR count). The summed E-state index contributed by atoms with van der Waals surface area (Å²) in [6.45, 7) is 2.68. The first kappa shape index (κ1) is 22.5. The van der Waals surface area contributed by atoms with E-state index >= 15 is 0 Å². The van der Waals surface area contributed by atoms with Gasteiger partial charge < -0.3 is 9.64 Å². The van der Waals surface area contributed by atoms with Gasteiger partial charge in [0.25, 0.3) is 10.0 Å². The average Bonchev–Trinajstić information content (AvgIpc) is 3.20. The van der Waals surface area contributed by atoms with Crippen LogP contribution in [0.1, 0.15) is 45.6 Å². The molecule has 1 aliphatic carbocycles. The molecule has 0 radical (unpaired) electrons. The van der Waals surface area contributed by atoms with E-state index < -0.39 is 16.0 Å². The molecule has 0 fully saturated rings. The highest BCUT2D eigenvalue weighted by atomic mass is 32.2. The highest BCUT2D eigenvalue weighted by molar-refractivity contribution is 7.94. The SMILES string of the molecule is COC(=O)c1c(S(=O)(=O)Nc2ccc(C)cc2)sc2c1CCN(C(=O)[C@H]1CC=CCC1)C2. The average molecular weight is 475 g/mol. The van der Waals surface area contributed by atoms with Crippen LogP contribution in [0.25, 0.3) is 0 Å². The molecule has 7 nitrogen and oxygen atoms in total. The van der Waals surface area contributed by atoms with Gasteiger partial charge in [0.1, 0.15) is 0 Å². The second-order valence-electron chi connectivity index (χ2n) is 8.12. The van der Waals surface area contributed by atoms with E-state index in [0.717, 1.165) is 41.0 Å². The van der Waals surface area contributed by atoms with Gasteiger partial charge in [-0.1, -0.05) is 29.8 Å². The van der Waals surface area contributed by atoms with Gasteiger partial charge >= 0.3 is 5.97 Å². The summed E-state index contributed by atoms with van der Waals surface area (Å²) in [6, 6.07) is 6.97. The van der Waals surface area contributed by atoms with Crippen LogP contribution in [0.5, 0.6) is 0 Å². The van der Waals surface area contributed by atoms with Gasteiger partial charge in [-0.15, -0.1) is 11.3 Å². The van der Waals surface area contributed by atoms with Crippen molar-refractivity contribution in [3.05, 3.63) is 58.0 Å². The maximum atomic E-state index is 13.2. The van der Waals surface area contributed by atoms with Gasteiger partial charge in [-0.2, -0.15) is 0 Å². The highest BCUT2D eigenvalue weighted by Crippen LogP contribution is 2.38. The van der Waals surface area contributed by atoms with Crippen molar-refractivity contribution < 1.29 is 22.7 Å². The number of aryl methyl sites for hydroxylation is 1. The molecule has 9 heteroatoms. The number of nitrogens with zero attached hydrogens (tertiary/aromatic N) is 1. The zero-order chi connectivity index (χ0) is 22.9. The second-order valence-corrected chi connectivity index (χ2v) is 11.1. The third-order valence-corrected chi connectivity index (χ3v) is 9.01. The van der Waals surface area contributed by atoms with Gasteiger partial charge in [-0.05, 0) is 50.3 Å². The van der Waals surface area contributed by atoms with Crippen LogP contribution in [0.4, 0.5) is 5.69 Å². The molecule has 0 saturated heterocycles. The maximum Gasteiger partial charge on any atom is 0.340 e. The summed E-state index contributed by atoms with van der Waals surface area (Å²) in [7, 11) is -2.77. The quantitative estimate of drug-likeness (QED) is 0.524. The number of hydrogen-bond donors (Lipinski definition) is 1. The van der Waals surface area contributed by atoms with Gasteiger partial charge in [0.2, 0.25) is 5.91 Å². The molecule has 0 spiro atoms. The van der Waals surface area contributed by atoms with Crippen molar-refractivity contribution in [2.24, 2.45) is 5.92 Å². The number of rotatable bonds is 5. The summed E-state index contributed by atoms with van der Waals surface area (Å²) in [4.78, 5) is 28.1. The number of carbonyl (C=O) groups is 2. The lowest BCUT2D eigenvalue weighted by molar-refractivity contribution is -0.136. The number of allylic oxidation sites excluding steroid dienone is 2. The molecule has 32 heavy (non-hydrogen) atoms. The van der Waals surface area contributed by atoms with E-state index in [2.05, 4.69) is 10.8 Å². The second kappa shape index (κ2) is 9.07. The molecule has 1 aliphatic heterocycles. The van der Waals surface area contributed by atoms with Crippen LogP contribution in [0, 0.1) is 12.8 Å². The van der Waals surface area contributed by atoms with Gasteiger partial charge in [0.15, 0.2) is 4.21 Å². The zero-order valence-electron chi connectivity index (χ0n) is 18.1. The Balaban J connectivity index is 1.65. The smallest absolute Gasteiger partial charge is 0.340 e. The molecule has 1 amide bonds. The molecule has 170 valence electrons. The van der Waals surface area contributed by atoms with E-state index in [4.69, 9.17) is 4.74 Å². The van der Waals surface area contributed by atoms with Gasteiger partial charge in [-0.3, -0.25) is 9.52 Å². The van der Waals surface area contributed by atoms with Crippen LogP contribution in [0.2, 0.25) is 0 Å². The summed E-state index contributed by atoms with van der Waals surface area (Å²) in [6.07, 6.45) is 7.02. The Morgan fingerprint density at radius 3 is 2.59 bits per heavy atom. The molecule has 2 heterocycles. The Labute approximate surface area is 192 Å². The van der Waals surface area contributed by atoms with Crippen molar-refractivity contribution >= 4 is 38.9 Å². The van der Waals surface area contributed by atoms with Crippen molar-refractivity contribution in [3.8, 4) is 0 Å². The number of carbonyl (C=O) groups excluding carboxylic acids is 2. The van der Waals surface area contributed by atoms with Crippen LogP contribution in [0.3, 0.4) is 0 Å². The lowest BCUT2D eigenvalue weighted by Crippen LogP contribution is -2.39. The summed E-state index contributed by atoms with van der Waals surface area (Å²) in [5.41, 5.74) is 2.17. The molecule has 1 N–H and O–H groups in total. The van der Waals surface area contributed by atoms with Crippen molar-refractivity contribution in [1.29, 1.82) is 0 Å². The summed E-state index contributed by atoms with van der Waals surface area (Å²) in [5, 5.41) is 0. The number of anilines is 1. The lowest BCUT2D eigenvalue weighted by atomic mass is 9.92. The zero-order valence-corrected chi connectivity index (χ0v) is 19.7. The van der Waals surface area contributed by atoms with Crippen LogP contribution in [-0.2, 0) is 32.5 Å². The van der Waals surface area contributed by atoms with E-state index in [1.165, 1.54) is 7.11 Å². The van der Waals surface area contributed by atoms with E-state index in [1.54, 1.807) is 17.0 Å². The molecule has 0 saturated carbocycles. The number of ether oxygens (including phenoxy) is 1. The molecule has 1 aromatic carbocycles. The number of thiophene rings is 1. The third kappa shape index (κ3) is 4.45. The Morgan fingerprint density at radius 1 is 1.19 bits per heavy atom. The molecule has 2 aliphatic rings. The maximum absolute atomic E-state index is 13.2. The normalized spacial score (nSPS) is 18.2. The fourth-order valence-electron chi connectivity index (χ4n) is 4.16. The number of amides is 1. The lowest BCUT2D eigenvalue weighted by Gasteiger charge is -2.31. The Bertz CT molecular complexity index is 1170. The fraction of sp³-hybridized carbons (Fsp3) is 0.391. The fourth-order valence-corrected chi connectivity index (χ4v) is 7.12. The van der Waals surface area contributed by atoms with E-state index in [1.807, 2.05) is 25.1 Å². The summed E-state index contributed by atoms with van der Waals surface area (Å²) < 4.78 is 33.8. The van der Waals surface area contributed by atoms with Crippen LogP contribution >= 0.6 is 11.3 Å². The first-order chi connectivity index (χ1) is 15.3. The molecular weight excluding hydrogens is 448 g/mol. The van der Waals surface area contributed by atoms with Crippen molar-refractivity contribution in [2.45, 2.75) is 43.4 Å². The van der Waals surface area contributed by atoms with E-state index in [9.17, 15) is 18.0 Å². The van der Waals surface area contributed by atoms with Gasteiger partial charge in [0.05, 0.1) is 19.2 Å². The minimum absolute atomic E-state index is 0.0343. The summed E-state index contributed by atoms with van der Waals surface area (Å²) >= 11 is 1.04. The van der Waals surface area contributed by atoms with E-state index in [0.29, 0.717) is 30.8 Å². The summed E-state index contributed by atoms with van der Waals surface area (Å²) in [5.74, 6) is -0.618. The van der Waals surface area contributed by atoms with Crippen molar-refractivity contribution in [3.63, 3.8) is 0 Å². The first-order valence-electron chi connectivity index (χ1n) is 10.6.